The van der Waals surface area contributed by atoms with E-state index in [1.165, 1.54) is 12.1 Å². The van der Waals surface area contributed by atoms with Crippen LogP contribution >= 0.6 is 0 Å². The summed E-state index contributed by atoms with van der Waals surface area (Å²) < 4.78 is 44.0. The molecule has 6 rings (SSSR count). The van der Waals surface area contributed by atoms with Crippen LogP contribution in [-0.2, 0) is 12.7 Å². The summed E-state index contributed by atoms with van der Waals surface area (Å²) in [6, 6.07) is 19.7. The van der Waals surface area contributed by atoms with Crippen LogP contribution in [0, 0.1) is 6.92 Å². The van der Waals surface area contributed by atoms with Crippen LogP contribution in [-0.4, -0.2) is 37.1 Å². The Bertz CT molecular complexity index is 1700. The van der Waals surface area contributed by atoms with E-state index in [-0.39, 0.29) is 17.3 Å². The largest absolute Gasteiger partial charge is 0.417 e. The second-order valence-corrected chi connectivity index (χ2v) is 9.87. The van der Waals surface area contributed by atoms with Crippen molar-refractivity contribution in [1.29, 1.82) is 0 Å². The zero-order chi connectivity index (χ0) is 27.1. The van der Waals surface area contributed by atoms with Gasteiger partial charge in [0.1, 0.15) is 0 Å². The van der Waals surface area contributed by atoms with Crippen LogP contribution in [0.15, 0.2) is 90.0 Å². The van der Waals surface area contributed by atoms with Crippen LogP contribution in [0.25, 0.3) is 28.0 Å². The number of aromatic nitrogens is 4. The predicted molar refractivity (Wildman–Crippen MR) is 144 cm³/mol. The van der Waals surface area contributed by atoms with Crippen LogP contribution in [0.5, 0.6) is 0 Å². The SMILES string of the molecule is Cc1cccnc1CN1CCC(n2c(=O)n(-c3ccc(-c4ccccc4C(F)(F)F)cc3)c3cccnc32)C1. The van der Waals surface area contributed by atoms with Gasteiger partial charge < -0.3 is 0 Å². The molecule has 6 nitrogen and oxygen atoms in total. The minimum Gasteiger partial charge on any atom is -0.295 e. The van der Waals surface area contributed by atoms with Gasteiger partial charge in [-0.25, -0.2) is 9.78 Å². The standard InChI is InChI=1S/C30H26F3N5O/c1-20-6-4-15-34-26(20)19-36-17-14-23(18-36)38-28-27(9-5-16-35-28)37(29(38)39)22-12-10-21(11-13-22)24-7-2-3-8-25(24)30(31,32)33/h2-13,15-16,23H,14,17-19H2,1H3. The molecule has 0 radical (unpaired) electrons. The summed E-state index contributed by atoms with van der Waals surface area (Å²) in [6.07, 6.45) is -0.195. The molecule has 39 heavy (non-hydrogen) atoms. The Labute approximate surface area is 223 Å². The first-order chi connectivity index (χ1) is 18.8. The molecule has 1 fully saturated rings. The second-order valence-electron chi connectivity index (χ2n) is 9.87. The summed E-state index contributed by atoms with van der Waals surface area (Å²) in [5, 5.41) is 0. The molecule has 4 heterocycles. The lowest BCUT2D eigenvalue weighted by Gasteiger charge is -2.17. The minimum atomic E-state index is -4.46. The number of pyridine rings is 2. The molecule has 0 saturated carbocycles. The number of fused-ring (bicyclic) bond motifs is 1. The number of likely N-dealkylation sites (tertiary alicyclic amines) is 1. The molecule has 5 aromatic rings. The molecule has 0 aliphatic carbocycles. The first-order valence-corrected chi connectivity index (χ1v) is 12.8. The maximum Gasteiger partial charge on any atom is 0.417 e. The van der Waals surface area contributed by atoms with E-state index in [2.05, 4.69) is 14.9 Å². The summed E-state index contributed by atoms with van der Waals surface area (Å²) in [5.41, 5.74) is 3.61. The van der Waals surface area contributed by atoms with Crippen molar-refractivity contribution in [3.63, 3.8) is 0 Å². The van der Waals surface area contributed by atoms with Gasteiger partial charge in [0.05, 0.1) is 28.5 Å². The summed E-state index contributed by atoms with van der Waals surface area (Å²) >= 11 is 0. The molecule has 1 aliphatic rings. The van der Waals surface area contributed by atoms with Gasteiger partial charge in [-0.1, -0.05) is 36.4 Å². The third-order valence-corrected chi connectivity index (χ3v) is 7.41. The Balaban J connectivity index is 1.34. The average Bonchev–Trinajstić information content (AvgIpc) is 3.50. The fourth-order valence-electron chi connectivity index (χ4n) is 5.46. The highest BCUT2D eigenvalue weighted by Crippen LogP contribution is 2.37. The van der Waals surface area contributed by atoms with Crippen LogP contribution in [0.2, 0.25) is 0 Å². The van der Waals surface area contributed by atoms with Crippen LogP contribution in [0.1, 0.15) is 29.3 Å². The molecule has 0 amide bonds. The lowest BCUT2D eigenvalue weighted by atomic mass is 9.99. The molecule has 0 N–H and O–H groups in total. The van der Waals surface area contributed by atoms with Crippen LogP contribution < -0.4 is 5.69 Å². The van der Waals surface area contributed by atoms with Gasteiger partial charge in [-0.3, -0.25) is 19.0 Å². The van der Waals surface area contributed by atoms with Crippen molar-refractivity contribution >= 4 is 11.2 Å². The van der Waals surface area contributed by atoms with E-state index in [9.17, 15) is 18.0 Å². The number of hydrogen-bond acceptors (Lipinski definition) is 4. The number of nitrogens with zero attached hydrogens (tertiary/aromatic N) is 5. The Morgan fingerprint density at radius 3 is 2.44 bits per heavy atom. The zero-order valence-electron chi connectivity index (χ0n) is 21.3. The van der Waals surface area contributed by atoms with Gasteiger partial charge in [0.25, 0.3) is 0 Å². The van der Waals surface area contributed by atoms with E-state index in [0.29, 0.717) is 35.5 Å². The molecule has 0 spiro atoms. The van der Waals surface area contributed by atoms with E-state index in [1.54, 1.807) is 57.9 Å². The smallest absolute Gasteiger partial charge is 0.295 e. The van der Waals surface area contributed by atoms with Gasteiger partial charge in [-0.15, -0.1) is 0 Å². The number of halogens is 3. The molecule has 3 aromatic heterocycles. The average molecular weight is 530 g/mol. The Morgan fingerprint density at radius 2 is 1.67 bits per heavy atom. The minimum absolute atomic E-state index is 0.0573. The molecule has 9 heteroatoms. The maximum atomic E-state index is 13.8. The zero-order valence-corrected chi connectivity index (χ0v) is 21.3. The molecular weight excluding hydrogens is 503 g/mol. The third-order valence-electron chi connectivity index (χ3n) is 7.41. The van der Waals surface area contributed by atoms with Crippen molar-refractivity contribution in [1.82, 2.24) is 24.0 Å². The van der Waals surface area contributed by atoms with Crippen molar-refractivity contribution in [2.75, 3.05) is 13.1 Å². The topological polar surface area (TPSA) is 56.0 Å². The lowest BCUT2D eigenvalue weighted by Crippen LogP contribution is -2.29. The molecule has 2 aromatic carbocycles. The summed E-state index contributed by atoms with van der Waals surface area (Å²) in [5.74, 6) is 0. The number of rotatable bonds is 5. The molecule has 1 saturated heterocycles. The van der Waals surface area contributed by atoms with Gasteiger partial charge in [0, 0.05) is 32.0 Å². The van der Waals surface area contributed by atoms with Crippen molar-refractivity contribution in [2.45, 2.75) is 32.1 Å². The van der Waals surface area contributed by atoms with E-state index in [1.807, 2.05) is 25.1 Å². The molecular formula is C30H26F3N5O. The Morgan fingerprint density at radius 1 is 0.923 bits per heavy atom. The monoisotopic (exact) mass is 529 g/mol. The molecule has 0 bridgehead atoms. The fourth-order valence-corrected chi connectivity index (χ4v) is 5.46. The quantitative estimate of drug-likeness (QED) is 0.279. The predicted octanol–water partition coefficient (Wildman–Crippen LogP) is 6.02. The van der Waals surface area contributed by atoms with Gasteiger partial charge in [0.2, 0.25) is 0 Å². The lowest BCUT2D eigenvalue weighted by molar-refractivity contribution is -0.137. The number of aryl methyl sites for hydroxylation is 1. The highest BCUT2D eigenvalue weighted by molar-refractivity contribution is 5.75. The number of imidazole rings is 1. The van der Waals surface area contributed by atoms with Gasteiger partial charge in [-0.05, 0) is 66.4 Å². The van der Waals surface area contributed by atoms with Crippen molar-refractivity contribution in [2.24, 2.45) is 0 Å². The van der Waals surface area contributed by atoms with Gasteiger partial charge >= 0.3 is 11.9 Å². The van der Waals surface area contributed by atoms with E-state index < -0.39 is 11.7 Å². The van der Waals surface area contributed by atoms with Crippen LogP contribution in [0.4, 0.5) is 13.2 Å². The highest BCUT2D eigenvalue weighted by atomic mass is 19.4. The third kappa shape index (κ3) is 4.63. The molecule has 1 aliphatic heterocycles. The van der Waals surface area contributed by atoms with Crippen molar-refractivity contribution in [3.05, 3.63) is 112 Å². The normalized spacial score (nSPS) is 16.3. The van der Waals surface area contributed by atoms with E-state index in [0.717, 1.165) is 30.3 Å². The second kappa shape index (κ2) is 9.81. The fraction of sp³-hybridized carbons (Fsp3) is 0.233. The highest BCUT2D eigenvalue weighted by Gasteiger charge is 2.33. The molecule has 1 unspecified atom stereocenters. The number of benzene rings is 2. The van der Waals surface area contributed by atoms with Crippen molar-refractivity contribution in [3.8, 4) is 16.8 Å². The summed E-state index contributed by atoms with van der Waals surface area (Å²) in [7, 11) is 0. The van der Waals surface area contributed by atoms with Gasteiger partial charge in [0.15, 0.2) is 5.65 Å². The van der Waals surface area contributed by atoms with Gasteiger partial charge in [-0.2, -0.15) is 13.2 Å². The number of alkyl halides is 3. The Kier molecular flexibility index (Phi) is 6.31. The first-order valence-electron chi connectivity index (χ1n) is 12.8. The summed E-state index contributed by atoms with van der Waals surface area (Å²) in [6.45, 7) is 4.29. The molecule has 1 atom stereocenters. The molecule has 198 valence electrons. The summed E-state index contributed by atoms with van der Waals surface area (Å²) in [4.78, 5) is 25.2. The van der Waals surface area contributed by atoms with Crippen molar-refractivity contribution < 1.29 is 13.2 Å². The van der Waals surface area contributed by atoms with E-state index in [4.69, 9.17) is 0 Å². The maximum absolute atomic E-state index is 13.8. The van der Waals surface area contributed by atoms with Crippen LogP contribution in [0.3, 0.4) is 0 Å². The first kappa shape index (κ1) is 25.1. The number of hydrogen-bond donors (Lipinski definition) is 0. The Hall–Kier alpha value is -4.24. The van der Waals surface area contributed by atoms with E-state index >= 15 is 0 Å².